The minimum Gasteiger partial charge on any atom is -0.444 e. The molecule has 1 aromatic heterocycles. The summed E-state index contributed by atoms with van der Waals surface area (Å²) in [5.74, 6) is -0.274. The summed E-state index contributed by atoms with van der Waals surface area (Å²) >= 11 is 0. The van der Waals surface area contributed by atoms with Crippen LogP contribution in [0.25, 0.3) is 0 Å². The van der Waals surface area contributed by atoms with E-state index >= 15 is 0 Å². The fraction of sp³-hybridized carbons (Fsp3) is 0.706. The van der Waals surface area contributed by atoms with Gasteiger partial charge in [-0.15, -0.1) is 0 Å². The Kier molecular flexibility index (Phi) is 6.40. The van der Waals surface area contributed by atoms with Crippen molar-refractivity contribution in [2.45, 2.75) is 78.6 Å². The molecule has 7 heteroatoms. The standard InChI is InChI=1S/C17H30N4O3/c1-8-13(12-10-18-21(9-2)11-12)19-14(22)17(6,7)20-15(23)24-16(3,4)5/h10-11,13H,8-9H2,1-7H3,(H,19,22)(H,20,23)/t13-/m0/s1. The van der Waals surface area contributed by atoms with Gasteiger partial charge in [0.1, 0.15) is 11.1 Å². The quantitative estimate of drug-likeness (QED) is 0.835. The monoisotopic (exact) mass is 338 g/mol. The second-order valence-electron chi connectivity index (χ2n) is 7.32. The zero-order valence-electron chi connectivity index (χ0n) is 15.8. The predicted molar refractivity (Wildman–Crippen MR) is 92.5 cm³/mol. The van der Waals surface area contributed by atoms with Gasteiger partial charge in [0.15, 0.2) is 0 Å². The summed E-state index contributed by atoms with van der Waals surface area (Å²) in [6.07, 6.45) is 3.79. The smallest absolute Gasteiger partial charge is 0.408 e. The van der Waals surface area contributed by atoms with E-state index in [0.29, 0.717) is 0 Å². The van der Waals surface area contributed by atoms with E-state index in [2.05, 4.69) is 15.7 Å². The van der Waals surface area contributed by atoms with E-state index in [-0.39, 0.29) is 11.9 Å². The molecule has 0 saturated heterocycles. The molecule has 0 saturated carbocycles. The van der Waals surface area contributed by atoms with Gasteiger partial charge in [0.2, 0.25) is 5.91 Å². The first-order valence-electron chi connectivity index (χ1n) is 8.33. The molecule has 0 aliphatic heterocycles. The van der Waals surface area contributed by atoms with E-state index < -0.39 is 17.2 Å². The maximum Gasteiger partial charge on any atom is 0.408 e. The lowest BCUT2D eigenvalue weighted by molar-refractivity contribution is -0.127. The van der Waals surface area contributed by atoms with E-state index in [1.54, 1.807) is 40.8 Å². The van der Waals surface area contributed by atoms with Crippen LogP contribution in [0.1, 0.15) is 66.5 Å². The third-order valence-corrected chi connectivity index (χ3v) is 3.47. The molecule has 2 N–H and O–H groups in total. The molecule has 0 aliphatic rings. The molecule has 2 amide bonds. The maximum atomic E-state index is 12.6. The van der Waals surface area contributed by atoms with E-state index in [4.69, 9.17) is 4.74 Å². The highest BCUT2D eigenvalue weighted by Crippen LogP contribution is 2.17. The fourth-order valence-corrected chi connectivity index (χ4v) is 2.11. The molecule has 7 nitrogen and oxygen atoms in total. The Morgan fingerprint density at radius 1 is 1.25 bits per heavy atom. The van der Waals surface area contributed by atoms with E-state index in [9.17, 15) is 9.59 Å². The second-order valence-corrected chi connectivity index (χ2v) is 7.32. The SMILES string of the molecule is CC[C@H](NC(=O)C(C)(C)NC(=O)OC(C)(C)C)c1cnn(CC)c1. The maximum absolute atomic E-state index is 12.6. The lowest BCUT2D eigenvalue weighted by Gasteiger charge is -2.29. The number of hydrogen-bond acceptors (Lipinski definition) is 4. The van der Waals surface area contributed by atoms with Gasteiger partial charge in [0.05, 0.1) is 12.2 Å². The number of alkyl carbamates (subject to hydrolysis) is 1. The van der Waals surface area contributed by atoms with Crippen molar-refractivity contribution in [1.29, 1.82) is 0 Å². The molecule has 1 rings (SSSR count). The topological polar surface area (TPSA) is 85.2 Å². The van der Waals surface area contributed by atoms with Crippen LogP contribution < -0.4 is 10.6 Å². The highest BCUT2D eigenvalue weighted by atomic mass is 16.6. The van der Waals surface area contributed by atoms with E-state index in [1.165, 1.54) is 0 Å². The summed E-state index contributed by atoms with van der Waals surface area (Å²) in [5, 5.41) is 9.82. The summed E-state index contributed by atoms with van der Waals surface area (Å²) in [6, 6.07) is -0.155. The Balaban J connectivity index is 2.73. The lowest BCUT2D eigenvalue weighted by atomic mass is 10.0. The predicted octanol–water partition coefficient (Wildman–Crippen LogP) is 2.77. The Hall–Kier alpha value is -2.05. The van der Waals surface area contributed by atoms with Gasteiger partial charge >= 0.3 is 6.09 Å². The first kappa shape index (κ1) is 20.0. The number of nitrogens with one attached hydrogen (secondary N) is 2. The first-order chi connectivity index (χ1) is 11.0. The van der Waals surface area contributed by atoms with Gasteiger partial charge in [-0.1, -0.05) is 6.92 Å². The van der Waals surface area contributed by atoms with Crippen LogP contribution in [-0.4, -0.2) is 32.9 Å². The van der Waals surface area contributed by atoms with Crippen molar-refractivity contribution in [3.05, 3.63) is 18.0 Å². The van der Waals surface area contributed by atoms with Crippen LogP contribution in [0.15, 0.2) is 12.4 Å². The van der Waals surface area contributed by atoms with Crippen molar-refractivity contribution >= 4 is 12.0 Å². The van der Waals surface area contributed by atoms with Gasteiger partial charge in [0, 0.05) is 18.3 Å². The van der Waals surface area contributed by atoms with Crippen LogP contribution in [-0.2, 0) is 16.1 Å². The van der Waals surface area contributed by atoms with Gasteiger partial charge < -0.3 is 15.4 Å². The Morgan fingerprint density at radius 2 is 1.88 bits per heavy atom. The summed E-state index contributed by atoms with van der Waals surface area (Å²) in [6.45, 7) is 13.4. The van der Waals surface area contributed by atoms with Crippen LogP contribution in [0.5, 0.6) is 0 Å². The lowest BCUT2D eigenvalue weighted by Crippen LogP contribution is -2.56. The highest BCUT2D eigenvalue weighted by molar-refractivity contribution is 5.89. The Labute approximate surface area is 144 Å². The molecule has 0 spiro atoms. The number of ether oxygens (including phenoxy) is 1. The zero-order valence-corrected chi connectivity index (χ0v) is 15.8. The fourth-order valence-electron chi connectivity index (χ4n) is 2.11. The largest absolute Gasteiger partial charge is 0.444 e. The Bertz CT molecular complexity index is 573. The van der Waals surface area contributed by atoms with Crippen LogP contribution >= 0.6 is 0 Å². The summed E-state index contributed by atoms with van der Waals surface area (Å²) in [7, 11) is 0. The number of carbonyl (C=O) groups is 2. The van der Waals surface area contributed by atoms with Crippen molar-refractivity contribution in [3.63, 3.8) is 0 Å². The van der Waals surface area contributed by atoms with Gasteiger partial charge in [-0.25, -0.2) is 4.79 Å². The first-order valence-corrected chi connectivity index (χ1v) is 8.33. The van der Waals surface area contributed by atoms with Gasteiger partial charge in [0.25, 0.3) is 0 Å². The molecule has 0 aromatic carbocycles. The number of aromatic nitrogens is 2. The molecule has 1 atom stereocenters. The number of nitrogens with zero attached hydrogens (tertiary/aromatic N) is 2. The molecular formula is C17H30N4O3. The number of hydrogen-bond donors (Lipinski definition) is 2. The second kappa shape index (κ2) is 7.68. The van der Waals surface area contributed by atoms with Gasteiger partial charge in [-0.3, -0.25) is 9.48 Å². The number of aryl methyl sites for hydroxylation is 1. The molecule has 1 heterocycles. The van der Waals surface area contributed by atoms with Gasteiger partial charge in [-0.2, -0.15) is 5.10 Å². The molecular weight excluding hydrogens is 308 g/mol. The van der Waals surface area contributed by atoms with Crippen molar-refractivity contribution in [2.24, 2.45) is 0 Å². The van der Waals surface area contributed by atoms with Crippen LogP contribution in [0.3, 0.4) is 0 Å². The molecule has 0 unspecified atom stereocenters. The van der Waals surface area contributed by atoms with Crippen molar-refractivity contribution in [1.82, 2.24) is 20.4 Å². The number of amides is 2. The third-order valence-electron chi connectivity index (χ3n) is 3.47. The molecule has 136 valence electrons. The molecule has 0 bridgehead atoms. The van der Waals surface area contributed by atoms with Crippen LogP contribution in [0.4, 0.5) is 4.79 Å². The molecule has 0 fully saturated rings. The normalized spacial score (nSPS) is 13.3. The van der Waals surface area contributed by atoms with Crippen LogP contribution in [0, 0.1) is 0 Å². The molecule has 0 radical (unpaired) electrons. The molecule has 0 aliphatic carbocycles. The summed E-state index contributed by atoms with van der Waals surface area (Å²) in [5.41, 5.74) is -0.755. The van der Waals surface area contributed by atoms with Crippen molar-refractivity contribution in [2.75, 3.05) is 0 Å². The van der Waals surface area contributed by atoms with Gasteiger partial charge in [-0.05, 0) is 48.0 Å². The number of rotatable bonds is 6. The van der Waals surface area contributed by atoms with Crippen molar-refractivity contribution in [3.8, 4) is 0 Å². The summed E-state index contributed by atoms with van der Waals surface area (Å²) < 4.78 is 7.03. The third kappa shape index (κ3) is 5.86. The summed E-state index contributed by atoms with van der Waals surface area (Å²) in [4.78, 5) is 24.5. The minimum absolute atomic E-state index is 0.155. The average molecular weight is 338 g/mol. The highest BCUT2D eigenvalue weighted by Gasteiger charge is 2.33. The molecule has 1 aromatic rings. The average Bonchev–Trinajstić information content (AvgIpc) is 2.90. The minimum atomic E-state index is -1.09. The molecule has 24 heavy (non-hydrogen) atoms. The zero-order chi connectivity index (χ0) is 18.5. The van der Waals surface area contributed by atoms with E-state index in [0.717, 1.165) is 18.5 Å². The van der Waals surface area contributed by atoms with E-state index in [1.807, 2.05) is 24.7 Å². The number of carbonyl (C=O) groups excluding carboxylic acids is 2. The Morgan fingerprint density at radius 3 is 2.33 bits per heavy atom. The van der Waals surface area contributed by atoms with Crippen LogP contribution in [0.2, 0.25) is 0 Å². The van der Waals surface area contributed by atoms with Crippen molar-refractivity contribution < 1.29 is 14.3 Å².